The van der Waals surface area contributed by atoms with E-state index in [9.17, 15) is 4.79 Å². The van der Waals surface area contributed by atoms with E-state index in [1.165, 1.54) is 5.56 Å². The second-order valence-corrected chi connectivity index (χ2v) is 7.11. The van der Waals surface area contributed by atoms with Gasteiger partial charge in [0.05, 0.1) is 25.3 Å². The Morgan fingerprint density at radius 2 is 2.29 bits per heavy atom. The highest BCUT2D eigenvalue weighted by Crippen LogP contribution is 2.38. The number of carbonyl (C=O) groups excluding carboxylic acids is 1. The molecule has 0 radical (unpaired) electrons. The number of methoxy groups -OCH3 is 1. The molecule has 3 heterocycles. The minimum atomic E-state index is -0.139. The molecule has 1 N–H and O–H groups in total. The predicted molar refractivity (Wildman–Crippen MR) is 109 cm³/mol. The number of nitrogens with one attached hydrogen (secondary N) is 1. The lowest BCUT2D eigenvalue weighted by atomic mass is 9.83. The number of nitrogens with zero attached hydrogens (tertiary/aromatic N) is 4. The van der Waals surface area contributed by atoms with Crippen LogP contribution in [0.2, 0.25) is 0 Å². The third kappa shape index (κ3) is 3.40. The molecule has 0 bridgehead atoms. The molecule has 1 aromatic heterocycles. The molecule has 0 unspecified atom stereocenters. The van der Waals surface area contributed by atoms with Crippen LogP contribution in [-0.2, 0) is 11.2 Å². The van der Waals surface area contributed by atoms with Gasteiger partial charge in [0.2, 0.25) is 5.91 Å². The number of hydrogen-bond acceptors (Lipinski definition) is 6. The average Bonchev–Trinajstić information content (AvgIpc) is 2.76. The van der Waals surface area contributed by atoms with E-state index in [2.05, 4.69) is 43.8 Å². The number of ether oxygens (including phenoxy) is 1. The van der Waals surface area contributed by atoms with Gasteiger partial charge in [0, 0.05) is 50.3 Å². The van der Waals surface area contributed by atoms with Crippen molar-refractivity contribution >= 4 is 17.4 Å². The molecule has 7 nitrogen and oxygen atoms in total. The Bertz CT molecular complexity index is 857. The summed E-state index contributed by atoms with van der Waals surface area (Å²) >= 11 is 0. The summed E-state index contributed by atoms with van der Waals surface area (Å²) in [5, 5.41) is 2.99. The van der Waals surface area contributed by atoms with E-state index in [1.54, 1.807) is 31.8 Å². The van der Waals surface area contributed by atoms with Gasteiger partial charge in [-0.3, -0.25) is 9.78 Å². The number of aromatic nitrogens is 2. The number of anilines is 2. The van der Waals surface area contributed by atoms with Crippen molar-refractivity contribution in [2.75, 3.05) is 43.1 Å². The van der Waals surface area contributed by atoms with Crippen LogP contribution in [0.3, 0.4) is 0 Å². The van der Waals surface area contributed by atoms with E-state index in [0.717, 1.165) is 36.9 Å². The van der Waals surface area contributed by atoms with Crippen LogP contribution in [-0.4, -0.2) is 55.2 Å². The maximum Gasteiger partial charge on any atom is 0.225 e. The second kappa shape index (κ2) is 7.88. The second-order valence-electron chi connectivity index (χ2n) is 7.11. The lowest BCUT2D eigenvalue weighted by Gasteiger charge is -2.49. The van der Waals surface area contributed by atoms with Gasteiger partial charge < -0.3 is 19.9 Å². The number of benzene rings is 1. The molecule has 2 atom stereocenters. The van der Waals surface area contributed by atoms with Crippen molar-refractivity contribution in [1.82, 2.24) is 15.3 Å². The van der Waals surface area contributed by atoms with Crippen LogP contribution in [0.15, 0.2) is 49.4 Å². The zero-order chi connectivity index (χ0) is 19.5. The Balaban J connectivity index is 1.66. The van der Waals surface area contributed by atoms with E-state index < -0.39 is 0 Å². The topological polar surface area (TPSA) is 70.6 Å². The molecule has 146 valence electrons. The van der Waals surface area contributed by atoms with Gasteiger partial charge in [0.1, 0.15) is 11.6 Å². The first-order chi connectivity index (χ1) is 13.7. The predicted octanol–water partition coefficient (Wildman–Crippen LogP) is 1.65. The standard InChI is InChI=1S/C21H25N5O2/c1-3-6-24-21(27)17-11-15-4-5-16(28-2)12-18(15)26-10-9-25(14-19(17)26)20-13-22-7-8-23-20/h3-5,7-8,12-13,17,19H,1,6,9-11,14H2,2H3,(H,24,27)/t17-,19-/m0/s1. The van der Waals surface area contributed by atoms with Crippen molar-refractivity contribution in [2.45, 2.75) is 12.5 Å². The van der Waals surface area contributed by atoms with Crippen LogP contribution in [0.1, 0.15) is 5.56 Å². The summed E-state index contributed by atoms with van der Waals surface area (Å²) in [5.74, 6) is 1.62. The Kier molecular flexibility index (Phi) is 5.14. The van der Waals surface area contributed by atoms with E-state index >= 15 is 0 Å². The lowest BCUT2D eigenvalue weighted by molar-refractivity contribution is -0.125. The van der Waals surface area contributed by atoms with Gasteiger partial charge in [-0.25, -0.2) is 4.98 Å². The summed E-state index contributed by atoms with van der Waals surface area (Å²) in [5.41, 5.74) is 2.35. The molecule has 0 aliphatic carbocycles. The van der Waals surface area contributed by atoms with Crippen molar-refractivity contribution in [3.63, 3.8) is 0 Å². The molecule has 4 rings (SSSR count). The summed E-state index contributed by atoms with van der Waals surface area (Å²) < 4.78 is 5.43. The van der Waals surface area contributed by atoms with Crippen molar-refractivity contribution in [3.05, 3.63) is 55.0 Å². The molecule has 2 aliphatic heterocycles. The maximum atomic E-state index is 12.9. The first-order valence-corrected chi connectivity index (χ1v) is 9.54. The van der Waals surface area contributed by atoms with E-state index in [0.29, 0.717) is 13.0 Å². The van der Waals surface area contributed by atoms with Gasteiger partial charge in [0.25, 0.3) is 0 Å². The minimum Gasteiger partial charge on any atom is -0.497 e. The van der Waals surface area contributed by atoms with Gasteiger partial charge in [-0.1, -0.05) is 12.1 Å². The van der Waals surface area contributed by atoms with E-state index in [4.69, 9.17) is 4.74 Å². The third-order valence-electron chi connectivity index (χ3n) is 5.56. The van der Waals surface area contributed by atoms with Crippen LogP contribution in [0.25, 0.3) is 0 Å². The van der Waals surface area contributed by atoms with E-state index in [1.807, 2.05) is 6.07 Å². The molecule has 2 aliphatic rings. The SMILES string of the molecule is C=CCNC(=O)[C@H]1Cc2ccc(OC)cc2N2CCN(c3cnccn3)C[C@@H]12. The van der Waals surface area contributed by atoms with Gasteiger partial charge in [0.15, 0.2) is 0 Å². The normalized spacial score (nSPS) is 20.8. The van der Waals surface area contributed by atoms with Crippen molar-refractivity contribution in [1.29, 1.82) is 0 Å². The quantitative estimate of drug-likeness (QED) is 0.797. The molecule has 2 aromatic rings. The molecule has 1 fully saturated rings. The monoisotopic (exact) mass is 379 g/mol. The lowest BCUT2D eigenvalue weighted by Crippen LogP contribution is -2.61. The van der Waals surface area contributed by atoms with Crippen LogP contribution in [0, 0.1) is 5.92 Å². The number of amides is 1. The highest BCUT2D eigenvalue weighted by Gasteiger charge is 2.41. The molecule has 1 amide bonds. The van der Waals surface area contributed by atoms with Crippen LogP contribution in [0.5, 0.6) is 5.75 Å². The fraction of sp³-hybridized carbons (Fsp3) is 0.381. The number of fused-ring (bicyclic) bond motifs is 3. The fourth-order valence-corrected chi connectivity index (χ4v) is 4.17. The molecule has 0 saturated carbocycles. The molecule has 1 aromatic carbocycles. The summed E-state index contributed by atoms with van der Waals surface area (Å²) in [6.07, 6.45) is 7.58. The van der Waals surface area contributed by atoms with Gasteiger partial charge in [-0.15, -0.1) is 6.58 Å². The molecule has 0 spiro atoms. The summed E-state index contributed by atoms with van der Waals surface area (Å²) in [6.45, 7) is 6.54. The van der Waals surface area contributed by atoms with Crippen LogP contribution < -0.4 is 19.9 Å². The van der Waals surface area contributed by atoms with Gasteiger partial charge in [-0.05, 0) is 18.1 Å². The largest absolute Gasteiger partial charge is 0.497 e. The maximum absolute atomic E-state index is 12.9. The summed E-state index contributed by atoms with van der Waals surface area (Å²) in [4.78, 5) is 26.1. The van der Waals surface area contributed by atoms with Gasteiger partial charge >= 0.3 is 0 Å². The number of rotatable bonds is 5. The van der Waals surface area contributed by atoms with Crippen molar-refractivity contribution in [2.24, 2.45) is 5.92 Å². The first kappa shape index (κ1) is 18.3. The number of piperazine rings is 1. The molecule has 1 saturated heterocycles. The van der Waals surface area contributed by atoms with Crippen molar-refractivity contribution < 1.29 is 9.53 Å². The summed E-state index contributed by atoms with van der Waals surface area (Å²) in [6, 6.07) is 6.18. The molecule has 7 heteroatoms. The smallest absolute Gasteiger partial charge is 0.225 e. The average molecular weight is 379 g/mol. The minimum absolute atomic E-state index is 0.0557. The fourth-order valence-electron chi connectivity index (χ4n) is 4.17. The Morgan fingerprint density at radius 1 is 1.39 bits per heavy atom. The van der Waals surface area contributed by atoms with Crippen LogP contribution >= 0.6 is 0 Å². The van der Waals surface area contributed by atoms with Crippen LogP contribution in [0.4, 0.5) is 11.5 Å². The third-order valence-corrected chi connectivity index (χ3v) is 5.56. The van der Waals surface area contributed by atoms with E-state index in [-0.39, 0.29) is 17.9 Å². The molecular formula is C21H25N5O2. The van der Waals surface area contributed by atoms with Crippen molar-refractivity contribution in [3.8, 4) is 5.75 Å². The zero-order valence-electron chi connectivity index (χ0n) is 16.0. The number of hydrogen-bond donors (Lipinski definition) is 1. The number of carbonyl (C=O) groups is 1. The first-order valence-electron chi connectivity index (χ1n) is 9.54. The zero-order valence-corrected chi connectivity index (χ0v) is 16.0. The Morgan fingerprint density at radius 3 is 3.04 bits per heavy atom. The molecule has 28 heavy (non-hydrogen) atoms. The Hall–Kier alpha value is -3.09. The molecular weight excluding hydrogens is 354 g/mol. The highest BCUT2D eigenvalue weighted by molar-refractivity contribution is 5.82. The Labute approximate surface area is 165 Å². The highest BCUT2D eigenvalue weighted by atomic mass is 16.5. The summed E-state index contributed by atoms with van der Waals surface area (Å²) in [7, 11) is 1.68. The van der Waals surface area contributed by atoms with Gasteiger partial charge in [-0.2, -0.15) is 0 Å².